The molecule has 0 saturated carbocycles. The number of thiophene rings is 1. The predicted molar refractivity (Wildman–Crippen MR) is 73.0 cm³/mol. The molecule has 0 fully saturated rings. The van der Waals surface area contributed by atoms with Crippen LogP contribution in [-0.2, 0) is 0 Å². The molecule has 10 heteroatoms. The van der Waals surface area contributed by atoms with Gasteiger partial charge in [0.25, 0.3) is 4.19 Å². The summed E-state index contributed by atoms with van der Waals surface area (Å²) in [6.07, 6.45) is 0. The molecular formula is C9H9F6PS3. The normalized spacial score (nSPS) is 15.2. The fraction of sp³-hybridized carbons (Fsp3) is 0.222. The van der Waals surface area contributed by atoms with E-state index in [1.807, 2.05) is 34.0 Å². The number of halogens is 6. The van der Waals surface area contributed by atoms with Crippen molar-refractivity contribution in [3.63, 3.8) is 0 Å². The van der Waals surface area contributed by atoms with Crippen molar-refractivity contribution in [3.05, 3.63) is 27.3 Å². The van der Waals surface area contributed by atoms with Gasteiger partial charge in [0.15, 0.2) is 0 Å². The average Bonchev–Trinajstić information content (AvgIpc) is 2.71. The first kappa shape index (κ1) is 16.8. The van der Waals surface area contributed by atoms with Gasteiger partial charge in [-0.1, -0.05) is 6.07 Å². The Morgan fingerprint density at radius 1 is 1.05 bits per heavy atom. The topological polar surface area (TPSA) is 0 Å². The van der Waals surface area contributed by atoms with Gasteiger partial charge in [-0.15, -0.1) is 11.3 Å². The van der Waals surface area contributed by atoms with E-state index in [4.69, 9.17) is 0 Å². The second kappa shape index (κ2) is 4.65. The zero-order valence-corrected chi connectivity index (χ0v) is 13.0. The maximum absolute atomic E-state index is 10.7. The molecule has 2 aromatic heterocycles. The second-order valence-corrected chi connectivity index (χ2v) is 9.11. The minimum absolute atomic E-state index is 1.40. The molecule has 0 nitrogen and oxygen atoms in total. The fourth-order valence-corrected chi connectivity index (χ4v) is 4.38. The quantitative estimate of drug-likeness (QED) is 0.277. The number of hydrogen-bond acceptors (Lipinski definition) is 2. The van der Waals surface area contributed by atoms with Crippen molar-refractivity contribution in [3.8, 4) is 9.07 Å². The SMILES string of the molecule is Cc1sc(-c2cccs2)[s+]c1C.F[P-](F)(F)(F)(F)F. The average molecular weight is 358 g/mol. The summed E-state index contributed by atoms with van der Waals surface area (Å²) in [6, 6.07) is 4.29. The molecule has 0 aliphatic carbocycles. The molecule has 0 atom stereocenters. The Balaban J connectivity index is 0.000000224. The van der Waals surface area contributed by atoms with Gasteiger partial charge < -0.3 is 0 Å². The van der Waals surface area contributed by atoms with Gasteiger partial charge in [0, 0.05) is 0 Å². The van der Waals surface area contributed by atoms with Gasteiger partial charge in [-0.3, -0.25) is 0 Å². The summed E-state index contributed by atoms with van der Waals surface area (Å²) in [5.41, 5.74) is 0. The summed E-state index contributed by atoms with van der Waals surface area (Å²) < 4.78 is 60.6. The van der Waals surface area contributed by atoms with E-state index in [0.29, 0.717) is 0 Å². The summed E-state index contributed by atoms with van der Waals surface area (Å²) >= 11 is 5.62. The Bertz CT molecular complexity index is 523. The van der Waals surface area contributed by atoms with Crippen LogP contribution in [0, 0.1) is 13.8 Å². The molecule has 0 aromatic carbocycles. The zero-order valence-electron chi connectivity index (χ0n) is 9.67. The van der Waals surface area contributed by atoms with E-state index in [9.17, 15) is 25.2 Å². The molecule has 0 unspecified atom stereocenters. The van der Waals surface area contributed by atoms with Crippen LogP contribution in [0.4, 0.5) is 25.2 Å². The Labute approximate surface area is 117 Å². The van der Waals surface area contributed by atoms with Crippen molar-refractivity contribution >= 4 is 41.8 Å². The van der Waals surface area contributed by atoms with Crippen LogP contribution in [0.1, 0.15) is 9.75 Å². The fourth-order valence-electron chi connectivity index (χ4n) is 0.938. The molecular weight excluding hydrogens is 349 g/mol. The van der Waals surface area contributed by atoms with Crippen molar-refractivity contribution in [2.24, 2.45) is 0 Å². The van der Waals surface area contributed by atoms with Gasteiger partial charge in [-0.25, -0.2) is 0 Å². The monoisotopic (exact) mass is 358 g/mol. The summed E-state index contributed by atoms with van der Waals surface area (Å²) in [4.78, 5) is 4.30. The molecule has 19 heavy (non-hydrogen) atoms. The van der Waals surface area contributed by atoms with Gasteiger partial charge in [0.2, 0.25) is 0 Å². The van der Waals surface area contributed by atoms with E-state index in [0.717, 1.165) is 0 Å². The van der Waals surface area contributed by atoms with Crippen LogP contribution in [0.3, 0.4) is 0 Å². The molecule has 2 rings (SSSR count). The third-order valence-corrected chi connectivity index (χ3v) is 5.52. The standard InChI is InChI=1S/C9H9S3.F6P/c1-6-7(2)12-9(11-6)8-4-3-5-10-8;1-7(2,3,4,5)6/h3-5H,1-2H3;/q+1;-1. The van der Waals surface area contributed by atoms with Crippen LogP contribution in [-0.4, -0.2) is 0 Å². The molecule has 2 heterocycles. The Hall–Kier alpha value is -0.240. The van der Waals surface area contributed by atoms with E-state index in [1.165, 1.54) is 18.8 Å². The first-order valence-electron chi connectivity index (χ1n) is 4.73. The Morgan fingerprint density at radius 2 is 1.58 bits per heavy atom. The van der Waals surface area contributed by atoms with Crippen LogP contribution in [0.5, 0.6) is 0 Å². The minimum atomic E-state index is -10.7. The van der Waals surface area contributed by atoms with Gasteiger partial charge >= 0.3 is 33.0 Å². The van der Waals surface area contributed by atoms with Gasteiger partial charge in [-0.05, 0) is 25.3 Å². The third kappa shape index (κ3) is 8.52. The molecule has 0 saturated heterocycles. The first-order chi connectivity index (χ1) is 8.22. The van der Waals surface area contributed by atoms with Crippen LogP contribution in [0.2, 0.25) is 0 Å². The Kier molecular flexibility index (Phi) is 4.11. The summed E-state index contributed by atoms with van der Waals surface area (Å²) in [7, 11) is -10.7. The Morgan fingerprint density at radius 3 is 1.89 bits per heavy atom. The number of aryl methyl sites for hydroxylation is 2. The van der Waals surface area contributed by atoms with E-state index in [2.05, 4.69) is 31.4 Å². The van der Waals surface area contributed by atoms with Gasteiger partial charge in [-0.2, -0.15) is 0 Å². The van der Waals surface area contributed by atoms with E-state index < -0.39 is 7.81 Å². The number of hydrogen-bond donors (Lipinski definition) is 0. The summed E-state index contributed by atoms with van der Waals surface area (Å²) in [5.74, 6) is 0. The molecule has 0 bridgehead atoms. The van der Waals surface area contributed by atoms with Gasteiger partial charge in [0.1, 0.15) is 14.6 Å². The molecule has 0 amide bonds. The van der Waals surface area contributed by atoms with E-state index in [1.54, 1.807) is 0 Å². The van der Waals surface area contributed by atoms with Crippen LogP contribution in [0.15, 0.2) is 17.5 Å². The summed E-state index contributed by atoms with van der Waals surface area (Å²) in [6.45, 7) is 4.38. The second-order valence-electron chi connectivity index (χ2n) is 3.54. The van der Waals surface area contributed by atoms with Crippen LogP contribution < -0.4 is 0 Å². The van der Waals surface area contributed by atoms with Crippen molar-refractivity contribution in [2.75, 3.05) is 0 Å². The number of rotatable bonds is 1. The van der Waals surface area contributed by atoms with Crippen molar-refractivity contribution in [1.29, 1.82) is 0 Å². The van der Waals surface area contributed by atoms with Crippen molar-refractivity contribution < 1.29 is 25.2 Å². The molecule has 0 N–H and O–H groups in total. The molecule has 0 aliphatic rings. The van der Waals surface area contributed by atoms with Crippen LogP contribution in [0.25, 0.3) is 9.07 Å². The molecule has 2 aromatic rings. The first-order valence-corrected chi connectivity index (χ1v) is 9.27. The van der Waals surface area contributed by atoms with Crippen molar-refractivity contribution in [1.82, 2.24) is 0 Å². The summed E-state index contributed by atoms with van der Waals surface area (Å²) in [5, 5.41) is 2.13. The molecule has 110 valence electrons. The molecule has 0 aliphatic heterocycles. The van der Waals surface area contributed by atoms with Crippen LogP contribution >= 0.6 is 41.8 Å². The molecule has 0 spiro atoms. The van der Waals surface area contributed by atoms with Gasteiger partial charge in [0.05, 0.1) is 22.7 Å². The zero-order chi connectivity index (χ0) is 15.0. The van der Waals surface area contributed by atoms with E-state index in [-0.39, 0.29) is 0 Å². The molecule has 0 radical (unpaired) electrons. The predicted octanol–water partition coefficient (Wildman–Crippen LogP) is 7.82. The van der Waals surface area contributed by atoms with Crippen molar-refractivity contribution in [2.45, 2.75) is 13.8 Å². The van der Waals surface area contributed by atoms with E-state index >= 15 is 0 Å². The maximum atomic E-state index is 9.87. The third-order valence-electron chi connectivity index (χ3n) is 1.71.